The van der Waals surface area contributed by atoms with Crippen molar-refractivity contribution in [3.05, 3.63) is 23.8 Å². The van der Waals surface area contributed by atoms with Gasteiger partial charge in [0.15, 0.2) is 11.5 Å². The normalized spacial score (nSPS) is 20.2. The maximum atomic E-state index is 12.9. The van der Waals surface area contributed by atoms with E-state index in [0.717, 1.165) is 25.8 Å². The SMILES string of the molecule is CCCOc1ccc(C(=O)N2CC(CN)CC2C)cc1OCCC. The quantitative estimate of drug-likeness (QED) is 0.793. The van der Waals surface area contributed by atoms with Crippen molar-refractivity contribution in [1.29, 1.82) is 0 Å². The van der Waals surface area contributed by atoms with Crippen molar-refractivity contribution in [2.24, 2.45) is 11.7 Å². The van der Waals surface area contributed by atoms with Gasteiger partial charge in [-0.25, -0.2) is 0 Å². The highest BCUT2D eigenvalue weighted by Gasteiger charge is 2.32. The Kier molecular flexibility index (Phi) is 6.91. The minimum absolute atomic E-state index is 0.0434. The van der Waals surface area contributed by atoms with Crippen LogP contribution < -0.4 is 15.2 Å². The van der Waals surface area contributed by atoms with Crippen LogP contribution in [-0.2, 0) is 0 Å². The van der Waals surface area contributed by atoms with Crippen molar-refractivity contribution >= 4 is 5.91 Å². The molecule has 5 nitrogen and oxygen atoms in total. The lowest BCUT2D eigenvalue weighted by Gasteiger charge is -2.22. The molecular formula is C19H30N2O3. The number of nitrogens with zero attached hydrogens (tertiary/aromatic N) is 1. The first-order valence-electron chi connectivity index (χ1n) is 9.01. The third-order valence-corrected chi connectivity index (χ3v) is 4.37. The molecule has 134 valence electrons. The van der Waals surface area contributed by atoms with Crippen LogP contribution in [0.15, 0.2) is 18.2 Å². The number of benzene rings is 1. The number of amides is 1. The second kappa shape index (κ2) is 8.92. The number of carbonyl (C=O) groups excluding carboxylic acids is 1. The van der Waals surface area contributed by atoms with Crippen molar-refractivity contribution in [2.45, 2.75) is 46.1 Å². The summed E-state index contributed by atoms with van der Waals surface area (Å²) in [7, 11) is 0. The zero-order chi connectivity index (χ0) is 17.5. The van der Waals surface area contributed by atoms with E-state index in [1.54, 1.807) is 0 Å². The Morgan fingerprint density at radius 3 is 2.46 bits per heavy atom. The van der Waals surface area contributed by atoms with Gasteiger partial charge >= 0.3 is 0 Å². The Morgan fingerprint density at radius 2 is 1.88 bits per heavy atom. The number of hydrogen-bond acceptors (Lipinski definition) is 4. The van der Waals surface area contributed by atoms with Crippen LogP contribution in [0, 0.1) is 5.92 Å². The average Bonchev–Trinajstić information content (AvgIpc) is 2.98. The fourth-order valence-corrected chi connectivity index (χ4v) is 3.06. The minimum Gasteiger partial charge on any atom is -0.490 e. The Hall–Kier alpha value is -1.75. The molecule has 1 heterocycles. The molecule has 0 spiro atoms. The van der Waals surface area contributed by atoms with Crippen LogP contribution >= 0.6 is 0 Å². The van der Waals surface area contributed by atoms with Crippen molar-refractivity contribution in [3.63, 3.8) is 0 Å². The molecule has 0 radical (unpaired) electrons. The summed E-state index contributed by atoms with van der Waals surface area (Å²) < 4.78 is 11.5. The summed E-state index contributed by atoms with van der Waals surface area (Å²) in [6.07, 6.45) is 2.81. The molecule has 2 rings (SSSR count). The largest absolute Gasteiger partial charge is 0.490 e. The van der Waals surface area contributed by atoms with E-state index in [9.17, 15) is 4.79 Å². The lowest BCUT2D eigenvalue weighted by molar-refractivity contribution is 0.0743. The first kappa shape index (κ1) is 18.6. The molecule has 24 heavy (non-hydrogen) atoms. The van der Waals surface area contributed by atoms with Crippen molar-refractivity contribution in [2.75, 3.05) is 26.3 Å². The standard InChI is InChI=1S/C19H30N2O3/c1-4-8-23-17-7-6-16(11-18(17)24-9-5-2)19(22)21-13-15(12-20)10-14(21)3/h6-7,11,14-15H,4-5,8-10,12-13,20H2,1-3H3. The van der Waals surface area contributed by atoms with Crippen LogP contribution in [0.5, 0.6) is 11.5 Å². The zero-order valence-corrected chi connectivity index (χ0v) is 15.1. The minimum atomic E-state index is 0.0434. The predicted molar refractivity (Wildman–Crippen MR) is 95.7 cm³/mol. The summed E-state index contributed by atoms with van der Waals surface area (Å²) in [5.41, 5.74) is 6.42. The second-order valence-electron chi connectivity index (χ2n) is 6.50. The zero-order valence-electron chi connectivity index (χ0n) is 15.1. The summed E-state index contributed by atoms with van der Waals surface area (Å²) in [6.45, 7) is 8.81. The second-order valence-corrected chi connectivity index (χ2v) is 6.50. The van der Waals surface area contributed by atoms with E-state index in [0.29, 0.717) is 42.7 Å². The van der Waals surface area contributed by atoms with Crippen molar-refractivity contribution in [1.82, 2.24) is 4.90 Å². The van der Waals surface area contributed by atoms with Crippen LogP contribution in [-0.4, -0.2) is 43.2 Å². The van der Waals surface area contributed by atoms with E-state index in [1.165, 1.54) is 0 Å². The van der Waals surface area contributed by atoms with Gasteiger partial charge in [0, 0.05) is 18.2 Å². The van der Waals surface area contributed by atoms with Gasteiger partial charge in [0.05, 0.1) is 13.2 Å². The third kappa shape index (κ3) is 4.41. The predicted octanol–water partition coefficient (Wildman–Crippen LogP) is 3.07. The number of likely N-dealkylation sites (tertiary alicyclic amines) is 1. The molecule has 2 atom stereocenters. The smallest absolute Gasteiger partial charge is 0.254 e. The Morgan fingerprint density at radius 1 is 1.21 bits per heavy atom. The van der Waals surface area contributed by atoms with Crippen LogP contribution in [0.1, 0.15) is 50.4 Å². The fraction of sp³-hybridized carbons (Fsp3) is 0.632. The highest BCUT2D eigenvalue weighted by molar-refractivity contribution is 5.95. The van der Waals surface area contributed by atoms with Gasteiger partial charge in [-0.3, -0.25) is 4.79 Å². The molecular weight excluding hydrogens is 304 g/mol. The first-order chi connectivity index (χ1) is 11.6. The van der Waals surface area contributed by atoms with E-state index in [2.05, 4.69) is 20.8 Å². The summed E-state index contributed by atoms with van der Waals surface area (Å²) in [5, 5.41) is 0. The van der Waals surface area contributed by atoms with Gasteiger partial charge in [0.1, 0.15) is 0 Å². The van der Waals surface area contributed by atoms with E-state index >= 15 is 0 Å². The molecule has 1 aromatic carbocycles. The van der Waals surface area contributed by atoms with Gasteiger partial charge in [0.25, 0.3) is 5.91 Å². The number of ether oxygens (including phenoxy) is 2. The van der Waals surface area contributed by atoms with Gasteiger partial charge in [-0.2, -0.15) is 0 Å². The van der Waals surface area contributed by atoms with Crippen LogP contribution in [0.3, 0.4) is 0 Å². The van der Waals surface area contributed by atoms with Crippen molar-refractivity contribution in [3.8, 4) is 11.5 Å². The molecule has 2 N–H and O–H groups in total. The van der Waals surface area contributed by atoms with Gasteiger partial charge in [0.2, 0.25) is 0 Å². The third-order valence-electron chi connectivity index (χ3n) is 4.37. The molecule has 0 aliphatic carbocycles. The first-order valence-corrected chi connectivity index (χ1v) is 9.01. The highest BCUT2D eigenvalue weighted by atomic mass is 16.5. The lowest BCUT2D eigenvalue weighted by Crippen LogP contribution is -2.34. The van der Waals surface area contributed by atoms with E-state index in [4.69, 9.17) is 15.2 Å². The summed E-state index contributed by atoms with van der Waals surface area (Å²) in [5.74, 6) is 1.79. The molecule has 1 saturated heterocycles. The molecule has 0 bridgehead atoms. The Labute approximate surface area is 145 Å². The van der Waals surface area contributed by atoms with E-state index in [1.807, 2.05) is 23.1 Å². The van der Waals surface area contributed by atoms with Crippen molar-refractivity contribution < 1.29 is 14.3 Å². The lowest BCUT2D eigenvalue weighted by atomic mass is 10.1. The van der Waals surface area contributed by atoms with Gasteiger partial charge in [-0.1, -0.05) is 13.8 Å². The molecule has 1 aromatic rings. The van der Waals surface area contributed by atoms with Crippen LogP contribution in [0.25, 0.3) is 0 Å². The maximum Gasteiger partial charge on any atom is 0.254 e. The topological polar surface area (TPSA) is 64.8 Å². The van der Waals surface area contributed by atoms with Gasteiger partial charge < -0.3 is 20.1 Å². The van der Waals surface area contributed by atoms with Crippen LogP contribution in [0.2, 0.25) is 0 Å². The Balaban J connectivity index is 2.18. The van der Waals surface area contributed by atoms with Gasteiger partial charge in [-0.05, 0) is 56.8 Å². The molecule has 0 aromatic heterocycles. The Bertz CT molecular complexity index is 547. The molecule has 1 aliphatic heterocycles. The number of hydrogen-bond donors (Lipinski definition) is 1. The van der Waals surface area contributed by atoms with Crippen LogP contribution in [0.4, 0.5) is 0 Å². The summed E-state index contributed by atoms with van der Waals surface area (Å²) in [6, 6.07) is 5.71. The number of nitrogens with two attached hydrogens (primary N) is 1. The fourth-order valence-electron chi connectivity index (χ4n) is 3.06. The highest BCUT2D eigenvalue weighted by Crippen LogP contribution is 2.31. The number of rotatable bonds is 8. The molecule has 1 aliphatic rings. The molecule has 5 heteroatoms. The van der Waals surface area contributed by atoms with E-state index in [-0.39, 0.29) is 11.9 Å². The van der Waals surface area contributed by atoms with E-state index < -0.39 is 0 Å². The van der Waals surface area contributed by atoms with Gasteiger partial charge in [-0.15, -0.1) is 0 Å². The monoisotopic (exact) mass is 334 g/mol. The summed E-state index contributed by atoms with van der Waals surface area (Å²) in [4.78, 5) is 14.8. The molecule has 0 saturated carbocycles. The average molecular weight is 334 g/mol. The molecule has 1 amide bonds. The number of carbonyl (C=O) groups is 1. The molecule has 2 unspecified atom stereocenters. The maximum absolute atomic E-state index is 12.9. The summed E-state index contributed by atoms with van der Waals surface area (Å²) >= 11 is 0. The molecule has 1 fully saturated rings.